The minimum atomic E-state index is -1.33. The van der Waals surface area contributed by atoms with E-state index in [0.29, 0.717) is 22.1 Å². The number of hydrazone groups is 1. The zero-order valence-corrected chi connectivity index (χ0v) is 14.8. The number of ether oxygens (including phenoxy) is 1. The standard InChI is InChI=1S/C18H15N3O5S/c22-16(11-27-18-20-13-6-2-4-8-15(13)26-18)21-19-9-12-5-1-3-7-14(12)25-10-17(23)24/h1-9H,10-11H2,(H,21,22)(H,23,24)/p-1. The van der Waals surface area contributed by atoms with E-state index in [-0.39, 0.29) is 11.7 Å². The van der Waals surface area contributed by atoms with E-state index < -0.39 is 12.6 Å². The minimum Gasteiger partial charge on any atom is -0.546 e. The van der Waals surface area contributed by atoms with Gasteiger partial charge in [0, 0.05) is 5.56 Å². The molecule has 0 radical (unpaired) electrons. The van der Waals surface area contributed by atoms with Gasteiger partial charge >= 0.3 is 0 Å². The SMILES string of the molecule is O=C([O-])COc1ccccc1C=NNC(=O)CSc1nc2ccccc2o1. The van der Waals surface area contributed by atoms with Crippen LogP contribution in [0.2, 0.25) is 0 Å². The van der Waals surface area contributed by atoms with Gasteiger partial charge in [-0.1, -0.05) is 36.0 Å². The van der Waals surface area contributed by atoms with E-state index >= 15 is 0 Å². The van der Waals surface area contributed by atoms with Crippen LogP contribution in [0.4, 0.5) is 0 Å². The number of hydrogen-bond acceptors (Lipinski definition) is 8. The molecule has 1 heterocycles. The minimum absolute atomic E-state index is 0.0764. The molecule has 9 heteroatoms. The Morgan fingerprint density at radius 3 is 2.81 bits per heavy atom. The van der Waals surface area contributed by atoms with E-state index in [2.05, 4.69) is 15.5 Å². The molecule has 0 spiro atoms. The number of carboxylic acids is 1. The summed E-state index contributed by atoms with van der Waals surface area (Å²) in [5, 5.41) is 14.7. The number of fused-ring (bicyclic) bond motifs is 1. The molecule has 1 amide bonds. The maximum Gasteiger partial charge on any atom is 0.257 e. The molecule has 27 heavy (non-hydrogen) atoms. The van der Waals surface area contributed by atoms with Crippen LogP contribution in [0.15, 0.2) is 63.3 Å². The molecule has 0 bridgehead atoms. The lowest BCUT2D eigenvalue weighted by molar-refractivity contribution is -0.307. The molecule has 0 fully saturated rings. The molecule has 138 valence electrons. The van der Waals surface area contributed by atoms with Gasteiger partial charge in [-0.05, 0) is 24.3 Å². The summed E-state index contributed by atoms with van der Waals surface area (Å²) in [5.41, 5.74) is 4.29. The van der Waals surface area contributed by atoms with Crippen LogP contribution in [0.25, 0.3) is 11.1 Å². The first kappa shape index (κ1) is 18.5. The normalized spacial score (nSPS) is 11.0. The van der Waals surface area contributed by atoms with Gasteiger partial charge in [-0.15, -0.1) is 0 Å². The van der Waals surface area contributed by atoms with Gasteiger partial charge in [0.05, 0.1) is 17.9 Å². The van der Waals surface area contributed by atoms with Crippen molar-refractivity contribution in [3.05, 3.63) is 54.1 Å². The van der Waals surface area contributed by atoms with Gasteiger partial charge in [0.2, 0.25) is 0 Å². The molecule has 0 unspecified atom stereocenters. The first-order valence-corrected chi connectivity index (χ1v) is 8.82. The molecular weight excluding hydrogens is 370 g/mol. The maximum absolute atomic E-state index is 11.9. The Hall–Kier alpha value is -3.33. The largest absolute Gasteiger partial charge is 0.546 e. The van der Waals surface area contributed by atoms with Crippen molar-refractivity contribution in [3.63, 3.8) is 0 Å². The molecule has 0 atom stereocenters. The predicted molar refractivity (Wildman–Crippen MR) is 97.4 cm³/mol. The monoisotopic (exact) mass is 384 g/mol. The van der Waals surface area contributed by atoms with Crippen molar-refractivity contribution in [2.75, 3.05) is 12.4 Å². The number of amides is 1. The molecule has 8 nitrogen and oxygen atoms in total. The van der Waals surface area contributed by atoms with Crippen LogP contribution in [-0.2, 0) is 9.59 Å². The second kappa shape index (κ2) is 8.86. The van der Waals surface area contributed by atoms with Crippen LogP contribution in [-0.4, -0.2) is 35.4 Å². The summed E-state index contributed by atoms with van der Waals surface area (Å²) in [5.74, 6) is -1.27. The Bertz CT molecular complexity index is 953. The van der Waals surface area contributed by atoms with Gasteiger partial charge in [-0.25, -0.2) is 10.4 Å². The third kappa shape index (κ3) is 5.32. The molecule has 2 aromatic carbocycles. The number of para-hydroxylation sites is 3. The lowest BCUT2D eigenvalue weighted by Crippen LogP contribution is -2.29. The fourth-order valence-corrected chi connectivity index (χ4v) is 2.73. The van der Waals surface area contributed by atoms with E-state index in [4.69, 9.17) is 9.15 Å². The second-order valence-corrected chi connectivity index (χ2v) is 6.15. The average molecular weight is 384 g/mol. The molecule has 1 aromatic heterocycles. The number of carbonyl (C=O) groups is 2. The molecule has 3 aromatic rings. The number of thioether (sulfide) groups is 1. The van der Waals surface area contributed by atoms with Gasteiger partial charge in [0.15, 0.2) is 5.58 Å². The van der Waals surface area contributed by atoms with E-state index in [1.807, 2.05) is 18.2 Å². The first-order chi connectivity index (χ1) is 13.1. The van der Waals surface area contributed by atoms with Crippen molar-refractivity contribution in [1.82, 2.24) is 10.4 Å². The average Bonchev–Trinajstić information content (AvgIpc) is 3.08. The molecule has 0 aliphatic rings. The summed E-state index contributed by atoms with van der Waals surface area (Å²) in [7, 11) is 0. The molecule has 3 rings (SSSR count). The van der Waals surface area contributed by atoms with Gasteiger partial charge < -0.3 is 19.1 Å². The van der Waals surface area contributed by atoms with Crippen LogP contribution in [0.3, 0.4) is 0 Å². The van der Waals surface area contributed by atoms with E-state index in [1.54, 1.807) is 30.3 Å². The Labute approximate surface area is 158 Å². The smallest absolute Gasteiger partial charge is 0.257 e. The predicted octanol–water partition coefficient (Wildman–Crippen LogP) is 1.20. The van der Waals surface area contributed by atoms with Crippen LogP contribution in [0.1, 0.15) is 5.56 Å². The lowest BCUT2D eigenvalue weighted by Gasteiger charge is -2.08. The van der Waals surface area contributed by atoms with Crippen molar-refractivity contribution >= 4 is 41.0 Å². The number of carbonyl (C=O) groups excluding carboxylic acids is 2. The zero-order valence-electron chi connectivity index (χ0n) is 14.0. The molecule has 0 aliphatic heterocycles. The third-order valence-electron chi connectivity index (χ3n) is 3.26. The number of aromatic nitrogens is 1. The van der Waals surface area contributed by atoms with Crippen LogP contribution >= 0.6 is 11.8 Å². The lowest BCUT2D eigenvalue weighted by atomic mass is 10.2. The van der Waals surface area contributed by atoms with Gasteiger partial charge in [0.25, 0.3) is 11.1 Å². The molecule has 0 saturated heterocycles. The summed E-state index contributed by atoms with van der Waals surface area (Å²) in [4.78, 5) is 26.6. The summed E-state index contributed by atoms with van der Waals surface area (Å²) < 4.78 is 10.6. The number of aliphatic carboxylic acids is 1. The highest BCUT2D eigenvalue weighted by Crippen LogP contribution is 2.22. The Morgan fingerprint density at radius 2 is 2.00 bits per heavy atom. The maximum atomic E-state index is 11.9. The first-order valence-electron chi connectivity index (χ1n) is 7.84. The van der Waals surface area contributed by atoms with Crippen molar-refractivity contribution < 1.29 is 23.8 Å². The van der Waals surface area contributed by atoms with Crippen molar-refractivity contribution in [3.8, 4) is 5.75 Å². The fraction of sp³-hybridized carbons (Fsp3) is 0.111. The number of carboxylic acid groups (broad SMARTS) is 1. The number of rotatable bonds is 8. The van der Waals surface area contributed by atoms with Gasteiger partial charge in [0.1, 0.15) is 17.9 Å². The Kier molecular flexibility index (Phi) is 6.06. The molecular formula is C18H14N3O5S-. The highest BCUT2D eigenvalue weighted by molar-refractivity contribution is 7.99. The second-order valence-electron chi connectivity index (χ2n) is 5.23. The number of oxazole rings is 1. The zero-order chi connectivity index (χ0) is 19.1. The van der Waals surface area contributed by atoms with Crippen molar-refractivity contribution in [1.29, 1.82) is 0 Å². The van der Waals surface area contributed by atoms with Gasteiger partial charge in [-0.3, -0.25) is 4.79 Å². The summed E-state index contributed by atoms with van der Waals surface area (Å²) in [6, 6.07) is 14.0. The van der Waals surface area contributed by atoms with Crippen LogP contribution < -0.4 is 15.3 Å². The number of hydrogen-bond donors (Lipinski definition) is 1. The third-order valence-corrected chi connectivity index (χ3v) is 4.09. The quantitative estimate of drug-likeness (QED) is 0.352. The summed E-state index contributed by atoms with van der Waals surface area (Å²) >= 11 is 1.15. The van der Waals surface area contributed by atoms with Gasteiger partial charge in [-0.2, -0.15) is 5.10 Å². The highest BCUT2D eigenvalue weighted by Gasteiger charge is 2.08. The fourth-order valence-electron chi connectivity index (χ4n) is 2.10. The van der Waals surface area contributed by atoms with E-state index in [0.717, 1.165) is 17.3 Å². The Balaban J connectivity index is 1.52. The number of benzene rings is 2. The molecule has 1 N–H and O–H groups in total. The summed E-state index contributed by atoms with van der Waals surface area (Å²) in [6.45, 7) is -0.571. The van der Waals surface area contributed by atoms with E-state index in [9.17, 15) is 14.7 Å². The Morgan fingerprint density at radius 1 is 1.22 bits per heavy atom. The van der Waals surface area contributed by atoms with Crippen LogP contribution in [0, 0.1) is 0 Å². The van der Waals surface area contributed by atoms with Crippen molar-refractivity contribution in [2.24, 2.45) is 5.10 Å². The topological polar surface area (TPSA) is 117 Å². The van der Waals surface area contributed by atoms with Crippen LogP contribution in [0.5, 0.6) is 5.75 Å². The highest BCUT2D eigenvalue weighted by atomic mass is 32.2. The summed E-state index contributed by atoms with van der Waals surface area (Å²) in [6.07, 6.45) is 1.37. The molecule has 0 aliphatic carbocycles. The number of nitrogens with one attached hydrogen (secondary N) is 1. The number of nitrogens with zero attached hydrogens (tertiary/aromatic N) is 2. The van der Waals surface area contributed by atoms with Crippen molar-refractivity contribution in [2.45, 2.75) is 5.22 Å². The molecule has 0 saturated carbocycles. The van der Waals surface area contributed by atoms with E-state index in [1.165, 1.54) is 6.21 Å².